The van der Waals surface area contributed by atoms with Crippen molar-refractivity contribution in [2.75, 3.05) is 18.4 Å². The Bertz CT molecular complexity index is 902. The van der Waals surface area contributed by atoms with Gasteiger partial charge in [-0.1, -0.05) is 25.3 Å². The van der Waals surface area contributed by atoms with E-state index >= 15 is 0 Å². The first-order valence-electron chi connectivity index (χ1n) is 10.9. The fraction of sp³-hybridized carbons (Fsp3) is 0.565. The van der Waals surface area contributed by atoms with E-state index in [1.165, 1.54) is 29.0 Å². The van der Waals surface area contributed by atoms with Crippen LogP contribution in [0.5, 0.6) is 0 Å². The topological polar surface area (TPSA) is 62.3 Å². The summed E-state index contributed by atoms with van der Waals surface area (Å²) in [5.74, 6) is 0.750. The third-order valence-electron chi connectivity index (χ3n) is 6.82. The van der Waals surface area contributed by atoms with Crippen molar-refractivity contribution in [3.8, 4) is 6.07 Å². The first kappa shape index (κ1) is 20.2. The van der Waals surface area contributed by atoms with Crippen LogP contribution in [0.25, 0.3) is 0 Å². The minimum absolute atomic E-state index is 0.0227. The van der Waals surface area contributed by atoms with Crippen LogP contribution in [0.15, 0.2) is 17.5 Å². The number of anilines is 1. The molecule has 0 radical (unpaired) electrons. The fourth-order valence-corrected chi connectivity index (χ4v) is 6.14. The van der Waals surface area contributed by atoms with Crippen LogP contribution in [0.2, 0.25) is 0 Å². The number of thiophene rings is 1. The SMILES string of the molecule is Cc1c(C#N)c(NC(=O)C[NH+]2CCC[C@H]2c2cccs2)n(C2CCCCC2)c1C. The molecule has 1 saturated carbocycles. The maximum atomic E-state index is 13.1. The molecule has 2 atom stereocenters. The molecule has 29 heavy (non-hydrogen) atoms. The van der Waals surface area contributed by atoms with Gasteiger partial charge >= 0.3 is 0 Å². The molecule has 1 saturated heterocycles. The lowest BCUT2D eigenvalue weighted by Gasteiger charge is -2.27. The molecule has 1 aliphatic heterocycles. The van der Waals surface area contributed by atoms with Crippen molar-refractivity contribution in [1.29, 1.82) is 5.26 Å². The van der Waals surface area contributed by atoms with Gasteiger partial charge in [0.15, 0.2) is 6.54 Å². The molecule has 1 amide bonds. The summed E-state index contributed by atoms with van der Waals surface area (Å²) in [5, 5.41) is 15.1. The van der Waals surface area contributed by atoms with E-state index in [1.54, 1.807) is 11.3 Å². The quantitative estimate of drug-likeness (QED) is 0.784. The Labute approximate surface area is 177 Å². The van der Waals surface area contributed by atoms with E-state index in [4.69, 9.17) is 0 Å². The normalized spacial score (nSPS) is 22.5. The van der Waals surface area contributed by atoms with E-state index in [1.807, 2.05) is 6.92 Å². The van der Waals surface area contributed by atoms with Crippen LogP contribution in [0.3, 0.4) is 0 Å². The third-order valence-corrected chi connectivity index (χ3v) is 7.81. The van der Waals surface area contributed by atoms with Gasteiger partial charge in [-0.05, 0) is 43.7 Å². The van der Waals surface area contributed by atoms with Gasteiger partial charge in [-0.25, -0.2) is 0 Å². The number of quaternary nitrogens is 1. The molecule has 0 aromatic carbocycles. The first-order chi connectivity index (χ1) is 14.1. The van der Waals surface area contributed by atoms with E-state index in [-0.39, 0.29) is 5.91 Å². The Kier molecular flexibility index (Phi) is 6.07. The average Bonchev–Trinajstić information content (AvgIpc) is 3.44. The second-order valence-corrected chi connectivity index (χ2v) is 9.53. The molecule has 0 bridgehead atoms. The minimum atomic E-state index is 0.0227. The van der Waals surface area contributed by atoms with Crippen LogP contribution in [0.4, 0.5) is 5.82 Å². The number of hydrogen-bond acceptors (Lipinski definition) is 3. The monoisotopic (exact) mass is 411 g/mol. The van der Waals surface area contributed by atoms with Gasteiger partial charge in [0.1, 0.15) is 17.9 Å². The van der Waals surface area contributed by atoms with Crippen molar-refractivity contribution >= 4 is 23.1 Å². The first-order valence-corrected chi connectivity index (χ1v) is 11.8. The highest BCUT2D eigenvalue weighted by Gasteiger charge is 2.33. The van der Waals surface area contributed by atoms with E-state index in [2.05, 4.69) is 40.4 Å². The molecule has 2 aromatic heterocycles. The number of carbonyl (C=O) groups excluding carboxylic acids is 1. The van der Waals surface area contributed by atoms with Crippen LogP contribution >= 0.6 is 11.3 Å². The number of hydrogen-bond donors (Lipinski definition) is 2. The number of likely N-dealkylation sites (tertiary alicyclic amines) is 1. The second kappa shape index (κ2) is 8.73. The van der Waals surface area contributed by atoms with Gasteiger partial charge in [0, 0.05) is 24.6 Å². The van der Waals surface area contributed by atoms with Crippen LogP contribution < -0.4 is 10.2 Å². The maximum Gasteiger partial charge on any atom is 0.280 e. The Hall–Kier alpha value is -2.10. The number of nitrogens with one attached hydrogen (secondary N) is 2. The molecule has 6 heteroatoms. The van der Waals surface area contributed by atoms with E-state index in [0.717, 1.165) is 49.3 Å². The summed E-state index contributed by atoms with van der Waals surface area (Å²) in [6.07, 6.45) is 8.27. The molecule has 2 aliphatic rings. The molecule has 4 rings (SSSR count). The maximum absolute atomic E-state index is 13.1. The minimum Gasteiger partial charge on any atom is -0.327 e. The lowest BCUT2D eigenvalue weighted by molar-refractivity contribution is -0.910. The molecule has 2 N–H and O–H groups in total. The van der Waals surface area contributed by atoms with Gasteiger partial charge in [-0.2, -0.15) is 5.26 Å². The summed E-state index contributed by atoms with van der Waals surface area (Å²) in [5.41, 5.74) is 2.75. The predicted molar refractivity (Wildman–Crippen MR) is 116 cm³/mol. The summed E-state index contributed by atoms with van der Waals surface area (Å²) in [4.78, 5) is 15.8. The number of nitrogens with zero attached hydrogens (tertiary/aromatic N) is 2. The number of carbonyl (C=O) groups is 1. The Morgan fingerprint density at radius 2 is 2.07 bits per heavy atom. The summed E-state index contributed by atoms with van der Waals surface area (Å²) < 4.78 is 2.25. The molecule has 1 aliphatic carbocycles. The van der Waals surface area contributed by atoms with Crippen molar-refractivity contribution in [2.24, 2.45) is 0 Å². The van der Waals surface area contributed by atoms with Gasteiger partial charge in [0.05, 0.1) is 17.0 Å². The molecular formula is C23H31N4OS+. The highest BCUT2D eigenvalue weighted by Crippen LogP contribution is 2.36. The summed E-state index contributed by atoms with van der Waals surface area (Å²) in [6.45, 7) is 5.57. The van der Waals surface area contributed by atoms with Crippen molar-refractivity contribution in [3.63, 3.8) is 0 Å². The van der Waals surface area contributed by atoms with Gasteiger partial charge in [-0.3, -0.25) is 4.79 Å². The van der Waals surface area contributed by atoms with Crippen molar-refractivity contribution in [2.45, 2.75) is 70.9 Å². The molecule has 2 fully saturated rings. The number of aromatic nitrogens is 1. The molecule has 0 spiro atoms. The number of amides is 1. The van der Waals surface area contributed by atoms with E-state index in [9.17, 15) is 10.1 Å². The van der Waals surface area contributed by atoms with Gasteiger partial charge in [0.2, 0.25) is 0 Å². The standard InChI is InChI=1S/C23H30N4OS/c1-16-17(2)27(18-8-4-3-5-9-18)23(19(16)14-24)25-22(28)15-26-12-6-10-20(26)21-11-7-13-29-21/h7,11,13,18,20H,3-6,8-10,12,15H2,1-2H3,(H,25,28)/p+1/t20-/m0/s1. The summed E-state index contributed by atoms with van der Waals surface area (Å²) in [7, 11) is 0. The lowest BCUT2D eigenvalue weighted by atomic mass is 9.95. The highest BCUT2D eigenvalue weighted by atomic mass is 32.1. The number of nitriles is 1. The van der Waals surface area contributed by atoms with Crippen LogP contribution in [-0.4, -0.2) is 23.6 Å². The van der Waals surface area contributed by atoms with Crippen LogP contribution in [-0.2, 0) is 4.79 Å². The van der Waals surface area contributed by atoms with E-state index in [0.29, 0.717) is 24.2 Å². The average molecular weight is 412 g/mol. The predicted octanol–water partition coefficient (Wildman–Crippen LogP) is 3.90. The lowest BCUT2D eigenvalue weighted by Crippen LogP contribution is -3.11. The molecule has 154 valence electrons. The van der Waals surface area contributed by atoms with E-state index < -0.39 is 0 Å². The van der Waals surface area contributed by atoms with Crippen LogP contribution in [0, 0.1) is 25.2 Å². The summed E-state index contributed by atoms with van der Waals surface area (Å²) in [6, 6.07) is 7.44. The zero-order valence-corrected chi connectivity index (χ0v) is 18.3. The van der Waals surface area contributed by atoms with Crippen molar-refractivity contribution < 1.29 is 9.69 Å². The van der Waals surface area contributed by atoms with Gasteiger partial charge in [-0.15, -0.1) is 11.3 Å². The number of rotatable bonds is 5. The fourth-order valence-electron chi connectivity index (χ4n) is 5.22. The Morgan fingerprint density at radius 1 is 1.28 bits per heavy atom. The zero-order chi connectivity index (χ0) is 20.4. The Morgan fingerprint density at radius 3 is 2.76 bits per heavy atom. The summed E-state index contributed by atoms with van der Waals surface area (Å²) >= 11 is 1.79. The molecule has 5 nitrogen and oxygen atoms in total. The third kappa shape index (κ3) is 3.99. The highest BCUT2D eigenvalue weighted by molar-refractivity contribution is 7.10. The van der Waals surface area contributed by atoms with Crippen LogP contribution in [0.1, 0.15) is 78.7 Å². The molecular weight excluding hydrogens is 380 g/mol. The largest absolute Gasteiger partial charge is 0.327 e. The Balaban J connectivity index is 1.54. The molecule has 2 aromatic rings. The van der Waals surface area contributed by atoms with Crippen molar-refractivity contribution in [1.82, 2.24) is 4.57 Å². The van der Waals surface area contributed by atoms with Gasteiger partial charge in [0.25, 0.3) is 5.91 Å². The van der Waals surface area contributed by atoms with Gasteiger partial charge < -0.3 is 14.8 Å². The second-order valence-electron chi connectivity index (χ2n) is 8.55. The molecule has 3 heterocycles. The zero-order valence-electron chi connectivity index (χ0n) is 17.5. The van der Waals surface area contributed by atoms with Crippen molar-refractivity contribution in [3.05, 3.63) is 39.2 Å². The smallest absolute Gasteiger partial charge is 0.280 e. The molecule has 1 unspecified atom stereocenters.